The van der Waals surface area contributed by atoms with E-state index in [9.17, 15) is 13.2 Å². The number of aromatic nitrogens is 1. The Labute approximate surface area is 132 Å². The van der Waals surface area contributed by atoms with Gasteiger partial charge in [-0.2, -0.15) is 0 Å². The summed E-state index contributed by atoms with van der Waals surface area (Å²) in [6.45, 7) is 3.42. The van der Waals surface area contributed by atoms with Crippen LogP contribution in [0.2, 0.25) is 0 Å². The summed E-state index contributed by atoms with van der Waals surface area (Å²) in [6.07, 6.45) is 0.300. The van der Waals surface area contributed by atoms with Gasteiger partial charge in [0.25, 0.3) is 0 Å². The van der Waals surface area contributed by atoms with Crippen molar-refractivity contribution >= 4 is 27.3 Å². The Morgan fingerprint density at radius 3 is 2.73 bits per heavy atom. The summed E-state index contributed by atoms with van der Waals surface area (Å²) in [7, 11) is -3.68. The maximum absolute atomic E-state index is 12.1. The van der Waals surface area contributed by atoms with E-state index >= 15 is 0 Å². The van der Waals surface area contributed by atoms with E-state index < -0.39 is 10.0 Å². The van der Waals surface area contributed by atoms with Gasteiger partial charge in [-0.15, -0.1) is 11.3 Å². The minimum absolute atomic E-state index is 0.0532. The van der Waals surface area contributed by atoms with E-state index in [0.717, 1.165) is 4.88 Å². The van der Waals surface area contributed by atoms with Crippen LogP contribution < -0.4 is 10.0 Å². The largest absolute Gasteiger partial charge is 0.360 e. The smallest absolute Gasteiger partial charge is 0.246 e. The molecule has 1 amide bonds. The van der Waals surface area contributed by atoms with E-state index in [2.05, 4.69) is 15.2 Å². The second-order valence-corrected chi connectivity index (χ2v) is 7.39. The lowest BCUT2D eigenvalue weighted by atomic mass is 10.3. The lowest BCUT2D eigenvalue weighted by Crippen LogP contribution is -2.35. The molecule has 2 aromatic heterocycles. The Kier molecular flexibility index (Phi) is 5.33. The molecule has 0 aliphatic heterocycles. The molecule has 2 heterocycles. The molecule has 0 unspecified atom stereocenters. The third kappa shape index (κ3) is 4.15. The Morgan fingerprint density at radius 2 is 2.14 bits per heavy atom. The molecule has 2 aromatic rings. The molecule has 2 rings (SSSR count). The standard InChI is InChI=1S/C13H17N3O4S2/c1-9-13(10(2)20-16-9)22(18,19)15-6-5-14-12(17)8-11-4-3-7-21-11/h3-4,7,15H,5-6,8H2,1-2H3,(H,14,17). The van der Waals surface area contributed by atoms with Gasteiger partial charge in [0.15, 0.2) is 5.76 Å². The van der Waals surface area contributed by atoms with E-state index in [-0.39, 0.29) is 29.7 Å². The van der Waals surface area contributed by atoms with E-state index in [0.29, 0.717) is 12.1 Å². The van der Waals surface area contributed by atoms with E-state index in [1.54, 1.807) is 6.92 Å². The number of amides is 1. The van der Waals surface area contributed by atoms with E-state index in [1.807, 2.05) is 17.5 Å². The van der Waals surface area contributed by atoms with Crippen LogP contribution in [0.25, 0.3) is 0 Å². The third-order valence-corrected chi connectivity index (χ3v) is 5.47. The second kappa shape index (κ2) is 7.03. The summed E-state index contributed by atoms with van der Waals surface area (Å²) in [5.41, 5.74) is 0.312. The molecular formula is C13H17N3O4S2. The van der Waals surface area contributed by atoms with Crippen molar-refractivity contribution in [3.05, 3.63) is 33.8 Å². The van der Waals surface area contributed by atoms with Gasteiger partial charge in [0.05, 0.1) is 6.42 Å². The van der Waals surface area contributed by atoms with Gasteiger partial charge in [0.2, 0.25) is 15.9 Å². The third-order valence-electron chi connectivity index (χ3n) is 2.89. The minimum atomic E-state index is -3.68. The zero-order chi connectivity index (χ0) is 16.2. The van der Waals surface area contributed by atoms with Crippen molar-refractivity contribution in [1.29, 1.82) is 0 Å². The fraction of sp³-hybridized carbons (Fsp3) is 0.385. The highest BCUT2D eigenvalue weighted by Gasteiger charge is 2.23. The first kappa shape index (κ1) is 16.7. The Bertz CT molecular complexity index is 716. The van der Waals surface area contributed by atoms with Gasteiger partial charge in [-0.1, -0.05) is 11.2 Å². The van der Waals surface area contributed by atoms with Gasteiger partial charge in [0.1, 0.15) is 10.6 Å². The molecule has 7 nitrogen and oxygen atoms in total. The quantitative estimate of drug-likeness (QED) is 0.730. The predicted octanol–water partition coefficient (Wildman–Crippen LogP) is 0.990. The zero-order valence-electron chi connectivity index (χ0n) is 12.3. The van der Waals surface area contributed by atoms with Crippen molar-refractivity contribution in [2.45, 2.75) is 25.2 Å². The first-order chi connectivity index (χ1) is 10.4. The number of thiophene rings is 1. The number of nitrogens with one attached hydrogen (secondary N) is 2. The summed E-state index contributed by atoms with van der Waals surface area (Å²) in [4.78, 5) is 12.7. The molecule has 120 valence electrons. The highest BCUT2D eigenvalue weighted by molar-refractivity contribution is 7.89. The molecule has 2 N–H and O–H groups in total. The van der Waals surface area contributed by atoms with Crippen molar-refractivity contribution in [1.82, 2.24) is 15.2 Å². The number of sulfonamides is 1. The first-order valence-corrected chi connectivity index (χ1v) is 8.98. The number of aryl methyl sites for hydroxylation is 2. The van der Waals surface area contributed by atoms with Crippen molar-refractivity contribution < 1.29 is 17.7 Å². The molecule has 22 heavy (non-hydrogen) atoms. The van der Waals surface area contributed by atoms with Crippen LogP contribution in [0.15, 0.2) is 26.9 Å². The summed E-state index contributed by atoms with van der Waals surface area (Å²) < 4.78 is 31.5. The van der Waals surface area contributed by atoms with Gasteiger partial charge in [-0.05, 0) is 25.3 Å². The van der Waals surface area contributed by atoms with Gasteiger partial charge >= 0.3 is 0 Å². The van der Waals surface area contributed by atoms with Gasteiger partial charge in [-0.25, -0.2) is 13.1 Å². The lowest BCUT2D eigenvalue weighted by Gasteiger charge is -2.07. The fourth-order valence-electron chi connectivity index (χ4n) is 1.95. The number of carbonyl (C=O) groups is 1. The Hall–Kier alpha value is -1.71. The Morgan fingerprint density at radius 1 is 1.36 bits per heavy atom. The van der Waals surface area contributed by atoms with Crippen molar-refractivity contribution in [2.24, 2.45) is 0 Å². The topological polar surface area (TPSA) is 101 Å². The molecule has 0 bridgehead atoms. The van der Waals surface area contributed by atoms with Crippen LogP contribution >= 0.6 is 11.3 Å². The van der Waals surface area contributed by atoms with Crippen LogP contribution in [0.4, 0.5) is 0 Å². The van der Waals surface area contributed by atoms with Crippen molar-refractivity contribution in [2.75, 3.05) is 13.1 Å². The highest BCUT2D eigenvalue weighted by atomic mass is 32.2. The SMILES string of the molecule is Cc1noc(C)c1S(=O)(=O)NCCNC(=O)Cc1cccs1. The molecular weight excluding hydrogens is 326 g/mol. The maximum Gasteiger partial charge on any atom is 0.246 e. The average Bonchev–Trinajstić information content (AvgIpc) is 3.05. The van der Waals surface area contributed by atoms with Crippen LogP contribution in [0, 0.1) is 13.8 Å². The number of hydrogen-bond donors (Lipinski definition) is 2. The van der Waals surface area contributed by atoms with Gasteiger partial charge in [0, 0.05) is 18.0 Å². The van der Waals surface area contributed by atoms with Gasteiger partial charge in [-0.3, -0.25) is 4.79 Å². The molecule has 0 aliphatic carbocycles. The molecule has 0 spiro atoms. The maximum atomic E-state index is 12.1. The van der Waals surface area contributed by atoms with Crippen LogP contribution in [0.5, 0.6) is 0 Å². The zero-order valence-corrected chi connectivity index (χ0v) is 13.9. The predicted molar refractivity (Wildman–Crippen MR) is 82.2 cm³/mol. The molecule has 0 aliphatic rings. The average molecular weight is 343 g/mol. The highest BCUT2D eigenvalue weighted by Crippen LogP contribution is 2.18. The molecule has 0 radical (unpaired) electrons. The van der Waals surface area contributed by atoms with Crippen LogP contribution in [0.3, 0.4) is 0 Å². The minimum Gasteiger partial charge on any atom is -0.360 e. The van der Waals surface area contributed by atoms with Crippen LogP contribution in [-0.4, -0.2) is 32.6 Å². The van der Waals surface area contributed by atoms with Crippen molar-refractivity contribution in [3.8, 4) is 0 Å². The number of carbonyl (C=O) groups excluding carboxylic acids is 1. The molecule has 9 heteroatoms. The Balaban J connectivity index is 1.80. The number of hydrogen-bond acceptors (Lipinski definition) is 6. The summed E-state index contributed by atoms with van der Waals surface area (Å²) in [6, 6.07) is 3.76. The molecule has 0 fully saturated rings. The van der Waals surface area contributed by atoms with E-state index in [1.165, 1.54) is 18.3 Å². The summed E-state index contributed by atoms with van der Waals surface area (Å²) >= 11 is 1.51. The van der Waals surface area contributed by atoms with Crippen LogP contribution in [0.1, 0.15) is 16.3 Å². The molecule has 0 atom stereocenters. The summed E-state index contributed by atoms with van der Waals surface area (Å²) in [5.74, 6) is 0.103. The number of nitrogens with zero attached hydrogens (tertiary/aromatic N) is 1. The number of rotatable bonds is 7. The van der Waals surface area contributed by atoms with Crippen LogP contribution in [-0.2, 0) is 21.2 Å². The normalized spacial score (nSPS) is 11.5. The molecule has 0 saturated carbocycles. The lowest BCUT2D eigenvalue weighted by molar-refractivity contribution is -0.120. The van der Waals surface area contributed by atoms with Gasteiger partial charge < -0.3 is 9.84 Å². The van der Waals surface area contributed by atoms with Crippen molar-refractivity contribution in [3.63, 3.8) is 0 Å². The summed E-state index contributed by atoms with van der Waals surface area (Å²) in [5, 5.41) is 8.19. The van der Waals surface area contributed by atoms with E-state index in [4.69, 9.17) is 4.52 Å². The second-order valence-electron chi connectivity index (χ2n) is 4.66. The molecule has 0 saturated heterocycles. The monoisotopic (exact) mass is 343 g/mol. The first-order valence-electron chi connectivity index (χ1n) is 6.62. The molecule has 0 aromatic carbocycles. The fourth-order valence-corrected chi connectivity index (χ4v) is 4.01.